The van der Waals surface area contributed by atoms with E-state index in [1.165, 1.54) is 63.6 Å². The Balaban J connectivity index is 1.75. The van der Waals surface area contributed by atoms with Crippen LogP contribution in [-0.4, -0.2) is 34.7 Å². The summed E-state index contributed by atoms with van der Waals surface area (Å²) in [5.41, 5.74) is 1.39. The number of aliphatic hydroxyl groups excluding tert-OH is 1. The van der Waals surface area contributed by atoms with E-state index in [-0.39, 0.29) is 11.6 Å². The van der Waals surface area contributed by atoms with Gasteiger partial charge in [-0.1, -0.05) is 19.3 Å². The smallest absolute Gasteiger partial charge is 0.0764 e. The summed E-state index contributed by atoms with van der Waals surface area (Å²) in [6, 6.07) is 2.16. The van der Waals surface area contributed by atoms with E-state index in [4.69, 9.17) is 0 Å². The lowest BCUT2D eigenvalue weighted by Crippen LogP contribution is -2.57. The van der Waals surface area contributed by atoms with Crippen LogP contribution in [-0.2, 0) is 6.42 Å². The van der Waals surface area contributed by atoms with Crippen LogP contribution in [0, 0.1) is 0 Å². The van der Waals surface area contributed by atoms with E-state index < -0.39 is 0 Å². The van der Waals surface area contributed by atoms with Crippen LogP contribution in [0.25, 0.3) is 0 Å². The van der Waals surface area contributed by atoms with Gasteiger partial charge in [0.05, 0.1) is 6.10 Å². The summed E-state index contributed by atoms with van der Waals surface area (Å²) in [7, 11) is 0. The van der Waals surface area contributed by atoms with Gasteiger partial charge in [-0.15, -0.1) is 0 Å². The molecule has 19 heavy (non-hydrogen) atoms. The molecular weight excluding hydrogens is 254 g/mol. The molecule has 1 aliphatic heterocycles. The van der Waals surface area contributed by atoms with Crippen molar-refractivity contribution in [3.8, 4) is 0 Å². The Morgan fingerprint density at radius 1 is 1.16 bits per heavy atom. The number of thiophene rings is 1. The number of rotatable bonds is 4. The molecule has 1 saturated heterocycles. The van der Waals surface area contributed by atoms with E-state index in [9.17, 15) is 5.11 Å². The second-order valence-electron chi connectivity index (χ2n) is 6.21. The summed E-state index contributed by atoms with van der Waals surface area (Å²) in [5, 5.41) is 15.2. The molecule has 1 N–H and O–H groups in total. The lowest BCUT2D eigenvalue weighted by atomic mass is 9.83. The molecule has 2 nitrogen and oxygen atoms in total. The van der Waals surface area contributed by atoms with Crippen molar-refractivity contribution in [2.75, 3.05) is 13.1 Å². The van der Waals surface area contributed by atoms with E-state index in [1.807, 2.05) is 0 Å². The Bertz CT molecular complexity index is 377. The fourth-order valence-corrected chi connectivity index (χ4v) is 4.69. The van der Waals surface area contributed by atoms with Crippen LogP contribution in [0.1, 0.15) is 50.5 Å². The van der Waals surface area contributed by atoms with E-state index >= 15 is 0 Å². The van der Waals surface area contributed by atoms with Crippen LogP contribution >= 0.6 is 11.3 Å². The normalized spacial score (nSPS) is 25.5. The summed E-state index contributed by atoms with van der Waals surface area (Å²) in [6.45, 7) is 2.39. The molecule has 1 atom stereocenters. The number of likely N-dealkylation sites (tertiary alicyclic amines) is 1. The van der Waals surface area contributed by atoms with Crippen molar-refractivity contribution in [1.82, 2.24) is 4.90 Å². The number of nitrogens with zero attached hydrogens (tertiary/aromatic N) is 1. The maximum atomic E-state index is 10.9. The molecule has 2 aliphatic rings. The van der Waals surface area contributed by atoms with Gasteiger partial charge in [-0.25, -0.2) is 0 Å². The molecule has 2 heterocycles. The lowest BCUT2D eigenvalue weighted by molar-refractivity contribution is -0.0380. The number of aliphatic hydroxyl groups is 1. The first-order valence-electron chi connectivity index (χ1n) is 7.75. The minimum atomic E-state index is -0.192. The highest BCUT2D eigenvalue weighted by Gasteiger charge is 2.45. The van der Waals surface area contributed by atoms with Crippen molar-refractivity contribution in [3.63, 3.8) is 0 Å². The van der Waals surface area contributed by atoms with Crippen LogP contribution in [0.2, 0.25) is 0 Å². The molecule has 2 fully saturated rings. The molecule has 1 saturated carbocycles. The molecular formula is C16H25NOS. The van der Waals surface area contributed by atoms with E-state index in [1.54, 1.807) is 11.3 Å². The summed E-state index contributed by atoms with van der Waals surface area (Å²) < 4.78 is 0. The Labute approximate surface area is 120 Å². The van der Waals surface area contributed by atoms with Gasteiger partial charge in [0.25, 0.3) is 0 Å². The average Bonchev–Trinajstić information content (AvgIpc) is 3.11. The molecule has 0 amide bonds. The SMILES string of the molecule is OC(Cc1ccsc1)C1(N2CCCCC2)CCCC1. The topological polar surface area (TPSA) is 23.5 Å². The summed E-state index contributed by atoms with van der Waals surface area (Å²) in [6.07, 6.45) is 9.60. The highest BCUT2D eigenvalue weighted by Crippen LogP contribution is 2.40. The summed E-state index contributed by atoms with van der Waals surface area (Å²) in [4.78, 5) is 2.63. The van der Waals surface area contributed by atoms with Crippen LogP contribution in [0.3, 0.4) is 0 Å². The first kappa shape index (κ1) is 13.6. The van der Waals surface area contributed by atoms with Crippen molar-refractivity contribution in [3.05, 3.63) is 22.4 Å². The van der Waals surface area contributed by atoms with Gasteiger partial charge in [-0.05, 0) is 61.2 Å². The van der Waals surface area contributed by atoms with Gasteiger partial charge in [-0.2, -0.15) is 11.3 Å². The fourth-order valence-electron chi connectivity index (χ4n) is 4.01. The van der Waals surface area contributed by atoms with Crippen molar-refractivity contribution < 1.29 is 5.11 Å². The zero-order valence-electron chi connectivity index (χ0n) is 11.7. The van der Waals surface area contributed by atoms with Gasteiger partial charge in [0.1, 0.15) is 0 Å². The van der Waals surface area contributed by atoms with E-state index in [0.29, 0.717) is 0 Å². The fraction of sp³-hybridized carbons (Fsp3) is 0.750. The molecule has 1 aromatic heterocycles. The molecule has 3 rings (SSSR count). The van der Waals surface area contributed by atoms with Crippen molar-refractivity contribution in [2.45, 2.75) is 63.0 Å². The van der Waals surface area contributed by atoms with Crippen molar-refractivity contribution in [2.24, 2.45) is 0 Å². The van der Waals surface area contributed by atoms with Gasteiger partial charge in [0, 0.05) is 12.0 Å². The number of hydrogen-bond donors (Lipinski definition) is 1. The maximum Gasteiger partial charge on any atom is 0.0764 e. The minimum absolute atomic E-state index is 0.0857. The van der Waals surface area contributed by atoms with Crippen molar-refractivity contribution in [1.29, 1.82) is 0 Å². The molecule has 1 aliphatic carbocycles. The highest BCUT2D eigenvalue weighted by atomic mass is 32.1. The lowest BCUT2D eigenvalue weighted by Gasteiger charge is -2.46. The Kier molecular flexibility index (Phi) is 4.25. The van der Waals surface area contributed by atoms with Crippen LogP contribution in [0.4, 0.5) is 0 Å². The zero-order valence-corrected chi connectivity index (χ0v) is 12.5. The van der Waals surface area contributed by atoms with Gasteiger partial charge >= 0.3 is 0 Å². The van der Waals surface area contributed by atoms with E-state index in [2.05, 4.69) is 21.7 Å². The van der Waals surface area contributed by atoms with Crippen LogP contribution in [0.5, 0.6) is 0 Å². The quantitative estimate of drug-likeness (QED) is 0.912. The minimum Gasteiger partial charge on any atom is -0.391 e. The van der Waals surface area contributed by atoms with Crippen LogP contribution in [0.15, 0.2) is 16.8 Å². The second kappa shape index (κ2) is 5.94. The third-order valence-electron chi connectivity index (χ3n) is 5.08. The molecule has 3 heteroatoms. The first-order valence-corrected chi connectivity index (χ1v) is 8.70. The zero-order chi connectivity index (χ0) is 13.1. The predicted octanol–water partition coefficient (Wildman–Crippen LogP) is 3.45. The monoisotopic (exact) mass is 279 g/mol. The molecule has 106 valence electrons. The molecule has 0 bridgehead atoms. The second-order valence-corrected chi connectivity index (χ2v) is 6.99. The summed E-state index contributed by atoms with van der Waals surface area (Å²) >= 11 is 1.73. The standard InChI is InChI=1S/C16H25NOS/c18-15(12-14-6-11-19-13-14)16(7-2-3-8-16)17-9-4-1-5-10-17/h6,11,13,15,18H,1-5,7-10,12H2. The Hall–Kier alpha value is -0.380. The predicted molar refractivity (Wildman–Crippen MR) is 80.7 cm³/mol. The Morgan fingerprint density at radius 2 is 1.89 bits per heavy atom. The van der Waals surface area contributed by atoms with Crippen molar-refractivity contribution >= 4 is 11.3 Å². The molecule has 1 unspecified atom stereocenters. The average molecular weight is 279 g/mol. The first-order chi connectivity index (χ1) is 9.31. The summed E-state index contributed by atoms with van der Waals surface area (Å²) in [5.74, 6) is 0. The maximum absolute atomic E-state index is 10.9. The molecule has 0 spiro atoms. The van der Waals surface area contributed by atoms with E-state index in [0.717, 1.165) is 6.42 Å². The largest absolute Gasteiger partial charge is 0.391 e. The third-order valence-corrected chi connectivity index (χ3v) is 5.82. The van der Waals surface area contributed by atoms with Gasteiger partial charge in [-0.3, -0.25) is 4.90 Å². The van der Waals surface area contributed by atoms with Gasteiger partial charge in [0.2, 0.25) is 0 Å². The highest BCUT2D eigenvalue weighted by molar-refractivity contribution is 7.07. The Morgan fingerprint density at radius 3 is 2.53 bits per heavy atom. The number of hydrogen-bond acceptors (Lipinski definition) is 3. The van der Waals surface area contributed by atoms with Crippen LogP contribution < -0.4 is 0 Å². The number of piperidine rings is 1. The molecule has 0 radical (unpaired) electrons. The third kappa shape index (κ3) is 2.74. The molecule has 1 aromatic rings. The van der Waals surface area contributed by atoms with Gasteiger partial charge < -0.3 is 5.11 Å². The molecule has 0 aromatic carbocycles. The van der Waals surface area contributed by atoms with Gasteiger partial charge in [0.15, 0.2) is 0 Å².